The summed E-state index contributed by atoms with van der Waals surface area (Å²) in [6, 6.07) is 0. The van der Waals surface area contributed by atoms with Gasteiger partial charge in [0.15, 0.2) is 0 Å². The molecule has 0 aliphatic rings. The molecule has 0 aliphatic heterocycles. The van der Waals surface area contributed by atoms with E-state index in [9.17, 15) is 13.5 Å². The van der Waals surface area contributed by atoms with E-state index >= 15 is 0 Å². The molecule has 0 spiro atoms. The van der Waals surface area contributed by atoms with Crippen LogP contribution in [-0.2, 0) is 16.6 Å². The monoisotopic (exact) mass is 283 g/mol. The van der Waals surface area contributed by atoms with Crippen molar-refractivity contribution in [1.82, 2.24) is 9.97 Å². The molecule has 2 aromatic rings. The highest BCUT2D eigenvalue weighted by Gasteiger charge is 2.26. The predicted octanol–water partition coefficient (Wildman–Crippen LogP) is 0.980. The lowest BCUT2D eigenvalue weighted by atomic mass is 10.2. The highest BCUT2D eigenvalue weighted by atomic mass is 32.2. The van der Waals surface area contributed by atoms with Gasteiger partial charge in [0.25, 0.3) is 10.0 Å². The lowest BCUT2D eigenvalue weighted by Crippen LogP contribution is -2.15. The van der Waals surface area contributed by atoms with Gasteiger partial charge in [0.05, 0.1) is 24.7 Å². The van der Waals surface area contributed by atoms with Crippen LogP contribution >= 0.6 is 0 Å². The van der Waals surface area contributed by atoms with Gasteiger partial charge < -0.3 is 9.52 Å². The molecule has 2 heterocycles. The van der Waals surface area contributed by atoms with E-state index in [0.717, 1.165) is 0 Å². The minimum Gasteiger partial charge on any atom is -0.465 e. The smallest absolute Gasteiger partial charge is 0.265 e. The number of aliphatic hydroxyl groups excluding tert-OH is 1. The molecule has 0 saturated heterocycles. The van der Waals surface area contributed by atoms with Gasteiger partial charge in [-0.15, -0.1) is 0 Å². The molecule has 2 rings (SSSR count). The quantitative estimate of drug-likeness (QED) is 0.866. The van der Waals surface area contributed by atoms with Crippen molar-refractivity contribution in [3.8, 4) is 0 Å². The van der Waals surface area contributed by atoms with Crippen LogP contribution in [0.4, 0.5) is 5.69 Å². The topological polar surface area (TPSA) is 105 Å². The van der Waals surface area contributed by atoms with Gasteiger partial charge in [-0.3, -0.25) is 4.72 Å². The number of anilines is 1. The number of hydrogen-bond donors (Lipinski definition) is 2. The van der Waals surface area contributed by atoms with E-state index in [4.69, 9.17) is 4.42 Å². The average Bonchev–Trinajstić information content (AvgIpc) is 2.64. The molecule has 0 aromatic carbocycles. The molecule has 0 unspecified atom stereocenters. The number of sulfonamides is 1. The first-order valence-corrected chi connectivity index (χ1v) is 6.91. The van der Waals surface area contributed by atoms with Gasteiger partial charge in [0.1, 0.15) is 22.7 Å². The summed E-state index contributed by atoms with van der Waals surface area (Å²) in [6.07, 6.45) is 3.97. The van der Waals surface area contributed by atoms with Crippen LogP contribution in [-0.4, -0.2) is 23.5 Å². The molecule has 19 heavy (non-hydrogen) atoms. The van der Waals surface area contributed by atoms with Crippen LogP contribution in [0.2, 0.25) is 0 Å². The highest BCUT2D eigenvalue weighted by molar-refractivity contribution is 7.92. The Morgan fingerprint density at radius 2 is 1.89 bits per heavy atom. The van der Waals surface area contributed by atoms with Crippen molar-refractivity contribution >= 4 is 15.7 Å². The third kappa shape index (κ3) is 2.59. The van der Waals surface area contributed by atoms with E-state index < -0.39 is 16.6 Å². The van der Waals surface area contributed by atoms with E-state index in [-0.39, 0.29) is 21.9 Å². The summed E-state index contributed by atoms with van der Waals surface area (Å²) >= 11 is 0. The largest absolute Gasteiger partial charge is 0.465 e. The zero-order valence-corrected chi connectivity index (χ0v) is 11.2. The summed E-state index contributed by atoms with van der Waals surface area (Å²) in [7, 11) is -3.85. The molecular formula is C11H13N3O4S. The van der Waals surface area contributed by atoms with Gasteiger partial charge >= 0.3 is 0 Å². The summed E-state index contributed by atoms with van der Waals surface area (Å²) in [5.41, 5.74) is 0.492. The molecule has 0 radical (unpaired) electrons. The van der Waals surface area contributed by atoms with Crippen LogP contribution in [0.1, 0.15) is 17.1 Å². The van der Waals surface area contributed by atoms with Crippen LogP contribution < -0.4 is 4.72 Å². The van der Waals surface area contributed by atoms with Crippen LogP contribution in [0.25, 0.3) is 0 Å². The lowest BCUT2D eigenvalue weighted by molar-refractivity contribution is 0.276. The minimum atomic E-state index is -3.85. The van der Waals surface area contributed by atoms with E-state index in [2.05, 4.69) is 14.7 Å². The van der Waals surface area contributed by atoms with E-state index in [0.29, 0.717) is 5.76 Å². The Labute approximate surface area is 110 Å². The number of rotatable bonds is 4. The molecule has 7 nitrogen and oxygen atoms in total. The molecule has 0 aliphatic carbocycles. The Morgan fingerprint density at radius 3 is 2.47 bits per heavy atom. The Hall–Kier alpha value is -1.93. The van der Waals surface area contributed by atoms with Crippen molar-refractivity contribution < 1.29 is 17.9 Å². The summed E-state index contributed by atoms with van der Waals surface area (Å²) < 4.78 is 32.1. The molecule has 0 amide bonds. The Morgan fingerprint density at radius 1 is 1.26 bits per heavy atom. The maximum atomic E-state index is 12.3. The Bertz CT molecular complexity index is 679. The van der Waals surface area contributed by atoms with Gasteiger partial charge in [0.2, 0.25) is 0 Å². The third-order valence-electron chi connectivity index (χ3n) is 2.56. The summed E-state index contributed by atoms with van der Waals surface area (Å²) in [6.45, 7) is 2.72. The van der Waals surface area contributed by atoms with Gasteiger partial charge in [-0.05, 0) is 13.8 Å². The first kappa shape index (κ1) is 13.5. The van der Waals surface area contributed by atoms with Gasteiger partial charge in [0, 0.05) is 5.56 Å². The van der Waals surface area contributed by atoms with Gasteiger partial charge in [-0.1, -0.05) is 0 Å². The lowest BCUT2D eigenvalue weighted by Gasteiger charge is -2.07. The SMILES string of the molecule is Cc1oc(C)c(S(=O)(=O)Nc2cncnc2)c1CO. The van der Waals surface area contributed by atoms with Gasteiger partial charge in [-0.2, -0.15) is 0 Å². The highest BCUT2D eigenvalue weighted by Crippen LogP contribution is 2.27. The standard InChI is InChI=1S/C11H13N3O4S/c1-7-10(5-15)11(8(2)18-7)19(16,17)14-9-3-12-6-13-4-9/h3-4,6,14-15H,5H2,1-2H3. The number of aromatic nitrogens is 2. The molecule has 2 aromatic heterocycles. The number of aryl methyl sites for hydroxylation is 2. The minimum absolute atomic E-state index is 0.0450. The maximum absolute atomic E-state index is 12.3. The van der Waals surface area contributed by atoms with E-state index in [1.54, 1.807) is 6.92 Å². The molecule has 0 fully saturated rings. The van der Waals surface area contributed by atoms with Crippen molar-refractivity contribution in [2.75, 3.05) is 4.72 Å². The van der Waals surface area contributed by atoms with Crippen LogP contribution in [0, 0.1) is 13.8 Å². The second-order valence-corrected chi connectivity index (χ2v) is 5.53. The zero-order chi connectivity index (χ0) is 14.0. The van der Waals surface area contributed by atoms with E-state index in [1.165, 1.54) is 25.6 Å². The van der Waals surface area contributed by atoms with Crippen molar-refractivity contribution in [1.29, 1.82) is 0 Å². The molecule has 0 atom stereocenters. The Kier molecular flexibility index (Phi) is 3.54. The fourth-order valence-electron chi connectivity index (χ4n) is 1.80. The third-order valence-corrected chi connectivity index (χ3v) is 4.14. The molecule has 0 bridgehead atoms. The Balaban J connectivity index is 2.46. The maximum Gasteiger partial charge on any atom is 0.265 e. The average molecular weight is 283 g/mol. The normalized spacial score (nSPS) is 11.5. The fraction of sp³-hybridized carbons (Fsp3) is 0.273. The summed E-state index contributed by atoms with van der Waals surface area (Å²) in [5, 5.41) is 9.27. The summed E-state index contributed by atoms with van der Waals surface area (Å²) in [5.74, 6) is 0.607. The zero-order valence-electron chi connectivity index (χ0n) is 10.4. The fourth-order valence-corrected chi connectivity index (χ4v) is 3.27. The molecular weight excluding hydrogens is 270 g/mol. The van der Waals surface area contributed by atoms with Crippen LogP contribution in [0.15, 0.2) is 28.0 Å². The molecule has 2 N–H and O–H groups in total. The van der Waals surface area contributed by atoms with Crippen molar-refractivity contribution in [2.45, 2.75) is 25.3 Å². The summed E-state index contributed by atoms with van der Waals surface area (Å²) in [4.78, 5) is 7.40. The number of hydrogen-bond acceptors (Lipinski definition) is 6. The second-order valence-electron chi connectivity index (χ2n) is 3.91. The first-order valence-electron chi connectivity index (χ1n) is 5.43. The molecule has 0 saturated carbocycles. The second kappa shape index (κ2) is 4.98. The predicted molar refractivity (Wildman–Crippen MR) is 66.9 cm³/mol. The number of aliphatic hydroxyl groups is 1. The van der Waals surface area contributed by atoms with Crippen molar-refractivity contribution in [3.63, 3.8) is 0 Å². The number of nitrogens with one attached hydrogen (secondary N) is 1. The number of furan rings is 1. The van der Waals surface area contributed by atoms with E-state index in [1.807, 2.05) is 0 Å². The molecule has 102 valence electrons. The number of nitrogens with zero attached hydrogens (tertiary/aromatic N) is 2. The van der Waals surface area contributed by atoms with Crippen molar-refractivity contribution in [3.05, 3.63) is 35.8 Å². The van der Waals surface area contributed by atoms with Crippen LogP contribution in [0.5, 0.6) is 0 Å². The van der Waals surface area contributed by atoms with Gasteiger partial charge in [-0.25, -0.2) is 18.4 Å². The van der Waals surface area contributed by atoms with Crippen LogP contribution in [0.3, 0.4) is 0 Å². The van der Waals surface area contributed by atoms with Crippen molar-refractivity contribution in [2.24, 2.45) is 0 Å². The first-order chi connectivity index (χ1) is 8.95. The molecule has 8 heteroatoms.